The van der Waals surface area contributed by atoms with Gasteiger partial charge in [-0.3, -0.25) is 4.99 Å². The molecule has 2 N–H and O–H groups in total. The number of guanidine groups is 1. The Labute approximate surface area is 163 Å². The van der Waals surface area contributed by atoms with Crippen LogP contribution in [0.15, 0.2) is 29.3 Å². The summed E-state index contributed by atoms with van der Waals surface area (Å²) >= 11 is 0. The van der Waals surface area contributed by atoms with Crippen LogP contribution in [0.4, 0.5) is 5.69 Å². The number of para-hydroxylation sites is 2. The smallest absolute Gasteiger partial charge is 0.194 e. The Morgan fingerprint density at radius 1 is 1.11 bits per heavy atom. The van der Waals surface area contributed by atoms with Gasteiger partial charge in [-0.2, -0.15) is 0 Å². The molecule has 1 heterocycles. The molecule has 1 aromatic rings. The molecule has 0 unspecified atom stereocenters. The molecular weight excluding hydrogens is 344 g/mol. The molecule has 27 heavy (non-hydrogen) atoms. The molecule has 0 bridgehead atoms. The predicted octanol–water partition coefficient (Wildman–Crippen LogP) is 1.92. The van der Waals surface area contributed by atoms with Crippen molar-refractivity contribution < 1.29 is 14.6 Å². The summed E-state index contributed by atoms with van der Waals surface area (Å²) in [6, 6.07) is 7.53. The van der Waals surface area contributed by atoms with Gasteiger partial charge in [0.25, 0.3) is 0 Å². The first kappa shape index (κ1) is 21.3. The summed E-state index contributed by atoms with van der Waals surface area (Å²) in [5.74, 6) is 1.33. The van der Waals surface area contributed by atoms with E-state index >= 15 is 0 Å². The molecule has 0 atom stereocenters. The SMILES string of the molecule is CCNC(=NCCCCOCCOC)N1CCN(c2ccccc2O)CC1. The van der Waals surface area contributed by atoms with Crippen molar-refractivity contribution in [2.75, 3.05) is 71.1 Å². The second-order valence-corrected chi connectivity index (χ2v) is 6.51. The summed E-state index contributed by atoms with van der Waals surface area (Å²) in [7, 11) is 1.68. The molecule has 1 fully saturated rings. The molecule has 1 aromatic carbocycles. The van der Waals surface area contributed by atoms with Gasteiger partial charge in [0.15, 0.2) is 5.96 Å². The largest absolute Gasteiger partial charge is 0.506 e. The molecule has 152 valence electrons. The molecule has 0 aromatic heterocycles. The van der Waals surface area contributed by atoms with E-state index in [9.17, 15) is 5.11 Å². The highest BCUT2D eigenvalue weighted by molar-refractivity contribution is 5.80. The van der Waals surface area contributed by atoms with Crippen LogP contribution in [-0.2, 0) is 9.47 Å². The van der Waals surface area contributed by atoms with Gasteiger partial charge in [0.05, 0.1) is 18.9 Å². The number of methoxy groups -OCH3 is 1. The van der Waals surface area contributed by atoms with Crippen molar-refractivity contribution in [3.63, 3.8) is 0 Å². The lowest BCUT2D eigenvalue weighted by molar-refractivity contribution is 0.0690. The second-order valence-electron chi connectivity index (χ2n) is 6.51. The molecule has 0 amide bonds. The molecule has 7 nitrogen and oxygen atoms in total. The molecular formula is C20H34N4O3. The molecule has 0 radical (unpaired) electrons. The zero-order valence-corrected chi connectivity index (χ0v) is 16.7. The zero-order chi connectivity index (χ0) is 19.3. The molecule has 0 aliphatic carbocycles. The Bertz CT molecular complexity index is 560. The second kappa shape index (κ2) is 12.4. The van der Waals surface area contributed by atoms with Crippen molar-refractivity contribution in [1.82, 2.24) is 10.2 Å². The Morgan fingerprint density at radius 2 is 1.89 bits per heavy atom. The third kappa shape index (κ3) is 7.27. The average Bonchev–Trinajstić information content (AvgIpc) is 2.70. The number of unbranched alkanes of at least 4 members (excludes halogenated alkanes) is 1. The van der Waals surface area contributed by atoms with Gasteiger partial charge in [-0.25, -0.2) is 0 Å². The lowest BCUT2D eigenvalue weighted by Gasteiger charge is -2.37. The lowest BCUT2D eigenvalue weighted by Crippen LogP contribution is -2.52. The normalized spacial score (nSPS) is 15.3. The van der Waals surface area contributed by atoms with E-state index in [1.807, 2.05) is 18.2 Å². The first-order chi connectivity index (χ1) is 13.3. The van der Waals surface area contributed by atoms with Crippen LogP contribution in [0.5, 0.6) is 5.75 Å². The number of nitrogens with zero attached hydrogens (tertiary/aromatic N) is 3. The average molecular weight is 379 g/mol. The number of anilines is 1. The molecule has 1 aliphatic heterocycles. The molecule has 1 aliphatic rings. The predicted molar refractivity (Wildman–Crippen MR) is 110 cm³/mol. The number of aromatic hydroxyl groups is 1. The monoisotopic (exact) mass is 378 g/mol. The number of hydrogen-bond acceptors (Lipinski definition) is 5. The van der Waals surface area contributed by atoms with E-state index in [1.54, 1.807) is 13.2 Å². The van der Waals surface area contributed by atoms with Gasteiger partial charge in [-0.05, 0) is 31.9 Å². The quantitative estimate of drug-likeness (QED) is 0.368. The minimum atomic E-state index is 0.347. The van der Waals surface area contributed by atoms with Gasteiger partial charge in [-0.1, -0.05) is 12.1 Å². The number of phenols is 1. The maximum atomic E-state index is 10.0. The molecule has 2 rings (SSSR count). The number of ether oxygens (including phenoxy) is 2. The van der Waals surface area contributed by atoms with Crippen molar-refractivity contribution in [1.29, 1.82) is 0 Å². The van der Waals surface area contributed by atoms with Crippen LogP contribution in [0.1, 0.15) is 19.8 Å². The summed E-state index contributed by atoms with van der Waals surface area (Å²) < 4.78 is 10.4. The minimum Gasteiger partial charge on any atom is -0.506 e. The van der Waals surface area contributed by atoms with Crippen LogP contribution in [0.2, 0.25) is 0 Å². The first-order valence-corrected chi connectivity index (χ1v) is 9.89. The van der Waals surface area contributed by atoms with Crippen molar-refractivity contribution in [3.05, 3.63) is 24.3 Å². The van der Waals surface area contributed by atoms with Gasteiger partial charge < -0.3 is 29.7 Å². The zero-order valence-electron chi connectivity index (χ0n) is 16.7. The Hall–Kier alpha value is -1.99. The molecule has 7 heteroatoms. The van der Waals surface area contributed by atoms with Crippen LogP contribution < -0.4 is 10.2 Å². The fourth-order valence-electron chi connectivity index (χ4n) is 3.06. The van der Waals surface area contributed by atoms with E-state index in [1.165, 1.54) is 0 Å². The van der Waals surface area contributed by atoms with Crippen LogP contribution >= 0.6 is 0 Å². The number of piperazine rings is 1. The third-order valence-corrected chi connectivity index (χ3v) is 4.53. The van der Waals surface area contributed by atoms with Crippen molar-refractivity contribution >= 4 is 11.6 Å². The Balaban J connectivity index is 1.75. The van der Waals surface area contributed by atoms with Crippen molar-refractivity contribution in [3.8, 4) is 5.75 Å². The Morgan fingerprint density at radius 3 is 2.59 bits per heavy atom. The highest BCUT2D eigenvalue weighted by atomic mass is 16.5. The van der Waals surface area contributed by atoms with Gasteiger partial charge >= 0.3 is 0 Å². The number of phenolic OH excluding ortho intramolecular Hbond substituents is 1. The molecule has 0 spiro atoms. The topological polar surface area (TPSA) is 69.6 Å². The highest BCUT2D eigenvalue weighted by Gasteiger charge is 2.21. The van der Waals surface area contributed by atoms with E-state index in [-0.39, 0.29) is 0 Å². The lowest BCUT2D eigenvalue weighted by atomic mass is 10.2. The number of benzene rings is 1. The van der Waals surface area contributed by atoms with Gasteiger partial charge in [0.2, 0.25) is 0 Å². The minimum absolute atomic E-state index is 0.347. The Kier molecular flexibility index (Phi) is 9.79. The summed E-state index contributed by atoms with van der Waals surface area (Å²) in [5.41, 5.74) is 0.910. The van der Waals surface area contributed by atoms with Crippen LogP contribution in [-0.4, -0.2) is 82.2 Å². The van der Waals surface area contributed by atoms with Crippen LogP contribution in [0.25, 0.3) is 0 Å². The van der Waals surface area contributed by atoms with Crippen molar-refractivity contribution in [2.45, 2.75) is 19.8 Å². The van der Waals surface area contributed by atoms with E-state index in [4.69, 9.17) is 14.5 Å². The van der Waals surface area contributed by atoms with Gasteiger partial charge in [-0.15, -0.1) is 0 Å². The number of aliphatic imine (C=N–C) groups is 1. The number of rotatable bonds is 10. The van der Waals surface area contributed by atoms with Gasteiger partial charge in [0.1, 0.15) is 5.75 Å². The number of nitrogens with one attached hydrogen (secondary N) is 1. The fourth-order valence-corrected chi connectivity index (χ4v) is 3.06. The summed E-state index contributed by atoms with van der Waals surface area (Å²) in [6.45, 7) is 9.34. The first-order valence-electron chi connectivity index (χ1n) is 9.89. The molecule has 0 saturated carbocycles. The summed E-state index contributed by atoms with van der Waals surface area (Å²) in [6.07, 6.45) is 2.02. The third-order valence-electron chi connectivity index (χ3n) is 4.53. The van der Waals surface area contributed by atoms with E-state index in [0.717, 1.165) is 70.4 Å². The van der Waals surface area contributed by atoms with Crippen molar-refractivity contribution in [2.24, 2.45) is 4.99 Å². The number of hydrogen-bond donors (Lipinski definition) is 2. The fraction of sp³-hybridized carbons (Fsp3) is 0.650. The standard InChI is InChI=1S/C20H34N4O3/c1-3-21-20(22-10-6-7-15-27-17-16-26-2)24-13-11-23(12-14-24)18-8-4-5-9-19(18)25/h4-5,8-9,25H,3,6-7,10-17H2,1-2H3,(H,21,22). The van der Waals surface area contributed by atoms with E-state index in [2.05, 4.69) is 22.0 Å². The van der Waals surface area contributed by atoms with Crippen LogP contribution in [0.3, 0.4) is 0 Å². The maximum Gasteiger partial charge on any atom is 0.194 e. The highest BCUT2D eigenvalue weighted by Crippen LogP contribution is 2.27. The maximum absolute atomic E-state index is 10.0. The van der Waals surface area contributed by atoms with E-state index in [0.29, 0.717) is 19.0 Å². The summed E-state index contributed by atoms with van der Waals surface area (Å²) in [4.78, 5) is 9.30. The summed E-state index contributed by atoms with van der Waals surface area (Å²) in [5, 5.41) is 13.4. The molecule has 1 saturated heterocycles. The van der Waals surface area contributed by atoms with Crippen LogP contribution in [0, 0.1) is 0 Å². The van der Waals surface area contributed by atoms with Gasteiger partial charge in [0, 0.05) is 53.0 Å². The van der Waals surface area contributed by atoms with E-state index < -0.39 is 0 Å².